The molecule has 1 fully saturated rings. The van der Waals surface area contributed by atoms with E-state index in [4.69, 9.17) is 4.98 Å². The Hall–Kier alpha value is -1.91. The average molecular weight is 342 g/mol. The van der Waals surface area contributed by atoms with Crippen molar-refractivity contribution in [3.05, 3.63) is 24.2 Å². The molecule has 0 atom stereocenters. The number of hydrogen-bond donors (Lipinski definition) is 1. The van der Waals surface area contributed by atoms with Crippen LogP contribution in [0.15, 0.2) is 18.3 Å². The zero-order valence-electron chi connectivity index (χ0n) is 15.7. The van der Waals surface area contributed by atoms with E-state index < -0.39 is 0 Å². The summed E-state index contributed by atoms with van der Waals surface area (Å²) in [6.45, 7) is 8.04. The number of imidazole rings is 1. The number of carbonyl (C=O) groups excluding carboxylic acids is 1. The molecular formula is C20H30N4O. The van der Waals surface area contributed by atoms with E-state index in [1.807, 2.05) is 25.3 Å². The lowest BCUT2D eigenvalue weighted by atomic mass is 9.79. The van der Waals surface area contributed by atoms with Crippen molar-refractivity contribution in [2.24, 2.45) is 11.3 Å². The minimum Gasteiger partial charge on any atom is -0.356 e. The molecule has 3 rings (SSSR count). The van der Waals surface area contributed by atoms with E-state index in [0.717, 1.165) is 42.8 Å². The summed E-state index contributed by atoms with van der Waals surface area (Å²) in [5, 5.41) is 2.98. The van der Waals surface area contributed by atoms with Crippen molar-refractivity contribution in [2.75, 3.05) is 6.54 Å². The Labute approximate surface area is 150 Å². The standard InChI is InChI=1S/C20H30N4O/c1-4-21-18(25)13-20(9-5-6-10-20)12-17-23-16-8-7-11-22-19(16)24(17)14-15(2)3/h7-8,11,15H,4-6,9-10,12-14H2,1-3H3,(H,21,25). The first-order valence-corrected chi connectivity index (χ1v) is 9.60. The minimum atomic E-state index is 0.0510. The molecule has 1 N–H and O–H groups in total. The Bertz CT molecular complexity index is 728. The van der Waals surface area contributed by atoms with Crippen LogP contribution in [0, 0.1) is 11.3 Å². The van der Waals surface area contributed by atoms with Gasteiger partial charge in [0.2, 0.25) is 5.91 Å². The highest BCUT2D eigenvalue weighted by molar-refractivity contribution is 5.76. The van der Waals surface area contributed by atoms with E-state index in [1.54, 1.807) is 0 Å². The summed E-state index contributed by atoms with van der Waals surface area (Å²) < 4.78 is 2.28. The minimum absolute atomic E-state index is 0.0510. The molecule has 2 aromatic heterocycles. The van der Waals surface area contributed by atoms with E-state index in [9.17, 15) is 4.79 Å². The van der Waals surface area contributed by atoms with Crippen LogP contribution in [0.25, 0.3) is 11.2 Å². The Morgan fingerprint density at radius 2 is 2.12 bits per heavy atom. The maximum absolute atomic E-state index is 12.3. The first-order chi connectivity index (χ1) is 12.0. The smallest absolute Gasteiger partial charge is 0.220 e. The van der Waals surface area contributed by atoms with E-state index in [2.05, 4.69) is 28.7 Å². The number of nitrogens with zero attached hydrogens (tertiary/aromatic N) is 3. The zero-order valence-corrected chi connectivity index (χ0v) is 15.7. The molecule has 5 heteroatoms. The number of amides is 1. The van der Waals surface area contributed by atoms with Crippen molar-refractivity contribution in [2.45, 2.75) is 65.8 Å². The third kappa shape index (κ3) is 4.02. The van der Waals surface area contributed by atoms with Gasteiger partial charge in [-0.1, -0.05) is 26.7 Å². The summed E-state index contributed by atoms with van der Waals surface area (Å²) in [5.74, 6) is 1.80. The van der Waals surface area contributed by atoms with Crippen LogP contribution in [0.2, 0.25) is 0 Å². The molecule has 2 aromatic rings. The average Bonchev–Trinajstić information content (AvgIpc) is 3.13. The lowest BCUT2D eigenvalue weighted by molar-refractivity contribution is -0.123. The highest BCUT2D eigenvalue weighted by atomic mass is 16.1. The molecule has 0 unspecified atom stereocenters. The summed E-state index contributed by atoms with van der Waals surface area (Å²) in [6, 6.07) is 3.98. The monoisotopic (exact) mass is 342 g/mol. The highest BCUT2D eigenvalue weighted by Crippen LogP contribution is 2.44. The molecule has 0 radical (unpaired) electrons. The van der Waals surface area contributed by atoms with Crippen LogP contribution in [0.1, 0.15) is 58.7 Å². The zero-order chi connectivity index (χ0) is 17.9. The molecular weight excluding hydrogens is 312 g/mol. The summed E-state index contributed by atoms with van der Waals surface area (Å²) in [7, 11) is 0. The summed E-state index contributed by atoms with van der Waals surface area (Å²) in [6.07, 6.45) is 7.96. The molecule has 0 bridgehead atoms. The second-order valence-corrected chi connectivity index (χ2v) is 7.89. The van der Waals surface area contributed by atoms with Gasteiger partial charge >= 0.3 is 0 Å². The topological polar surface area (TPSA) is 59.8 Å². The first-order valence-electron chi connectivity index (χ1n) is 9.60. The maximum Gasteiger partial charge on any atom is 0.220 e. The summed E-state index contributed by atoms with van der Waals surface area (Å²) in [5.41, 5.74) is 1.98. The van der Waals surface area contributed by atoms with Crippen molar-refractivity contribution in [3.8, 4) is 0 Å². The molecule has 1 aliphatic carbocycles. The van der Waals surface area contributed by atoms with Crippen molar-refractivity contribution in [1.29, 1.82) is 0 Å². The summed E-state index contributed by atoms with van der Waals surface area (Å²) >= 11 is 0. The molecule has 0 saturated heterocycles. The maximum atomic E-state index is 12.3. The Morgan fingerprint density at radius 3 is 2.80 bits per heavy atom. The quantitative estimate of drug-likeness (QED) is 0.834. The van der Waals surface area contributed by atoms with Gasteiger partial charge in [-0.15, -0.1) is 0 Å². The van der Waals surface area contributed by atoms with Gasteiger partial charge in [-0.05, 0) is 43.2 Å². The number of hydrogen-bond acceptors (Lipinski definition) is 3. The third-order valence-corrected chi connectivity index (χ3v) is 5.24. The van der Waals surface area contributed by atoms with E-state index in [-0.39, 0.29) is 11.3 Å². The highest BCUT2D eigenvalue weighted by Gasteiger charge is 2.37. The lowest BCUT2D eigenvalue weighted by Crippen LogP contribution is -2.32. The molecule has 0 aromatic carbocycles. The van der Waals surface area contributed by atoms with Gasteiger partial charge in [0.05, 0.1) is 0 Å². The largest absolute Gasteiger partial charge is 0.356 e. The van der Waals surface area contributed by atoms with Gasteiger partial charge in [-0.2, -0.15) is 0 Å². The molecule has 1 aliphatic rings. The van der Waals surface area contributed by atoms with Crippen LogP contribution >= 0.6 is 0 Å². The van der Waals surface area contributed by atoms with Gasteiger partial charge in [0.1, 0.15) is 11.3 Å². The van der Waals surface area contributed by atoms with Gasteiger partial charge in [0.15, 0.2) is 5.65 Å². The van der Waals surface area contributed by atoms with Gasteiger partial charge in [-0.3, -0.25) is 4.79 Å². The lowest BCUT2D eigenvalue weighted by Gasteiger charge is -2.28. The number of aromatic nitrogens is 3. The molecule has 1 amide bonds. The van der Waals surface area contributed by atoms with Crippen LogP contribution in [0.4, 0.5) is 0 Å². The second-order valence-electron chi connectivity index (χ2n) is 7.89. The fraction of sp³-hybridized carbons (Fsp3) is 0.650. The van der Waals surface area contributed by atoms with Gasteiger partial charge in [0, 0.05) is 32.1 Å². The van der Waals surface area contributed by atoms with Crippen LogP contribution in [-0.4, -0.2) is 27.0 Å². The molecule has 2 heterocycles. The van der Waals surface area contributed by atoms with E-state index in [1.165, 1.54) is 12.8 Å². The molecule has 1 saturated carbocycles. The van der Waals surface area contributed by atoms with Crippen molar-refractivity contribution < 1.29 is 4.79 Å². The molecule has 5 nitrogen and oxygen atoms in total. The molecule has 136 valence electrons. The first kappa shape index (κ1) is 17.9. The predicted molar refractivity (Wildman–Crippen MR) is 100 cm³/mol. The number of carbonyl (C=O) groups is 1. The molecule has 25 heavy (non-hydrogen) atoms. The van der Waals surface area contributed by atoms with Crippen LogP contribution in [0.3, 0.4) is 0 Å². The normalized spacial score (nSPS) is 16.6. The molecule has 0 spiro atoms. The Kier molecular flexibility index (Phi) is 5.40. The summed E-state index contributed by atoms with van der Waals surface area (Å²) in [4.78, 5) is 21.7. The van der Waals surface area contributed by atoms with Crippen LogP contribution < -0.4 is 5.32 Å². The van der Waals surface area contributed by atoms with Gasteiger partial charge < -0.3 is 9.88 Å². The fourth-order valence-electron chi connectivity index (χ4n) is 4.17. The second kappa shape index (κ2) is 7.54. The number of rotatable bonds is 7. The third-order valence-electron chi connectivity index (χ3n) is 5.24. The van der Waals surface area contributed by atoms with Crippen molar-refractivity contribution in [1.82, 2.24) is 19.9 Å². The predicted octanol–water partition coefficient (Wildman–Crippen LogP) is 3.72. The van der Waals surface area contributed by atoms with Crippen molar-refractivity contribution >= 4 is 17.1 Å². The van der Waals surface area contributed by atoms with Crippen LogP contribution in [-0.2, 0) is 17.8 Å². The fourth-order valence-corrected chi connectivity index (χ4v) is 4.17. The van der Waals surface area contributed by atoms with Gasteiger partial charge in [-0.25, -0.2) is 9.97 Å². The van der Waals surface area contributed by atoms with E-state index in [0.29, 0.717) is 18.9 Å². The Morgan fingerprint density at radius 1 is 1.36 bits per heavy atom. The number of fused-ring (bicyclic) bond motifs is 1. The number of nitrogens with one attached hydrogen (secondary N) is 1. The SMILES string of the molecule is CCNC(=O)CC1(Cc2nc3cccnc3n2CC(C)C)CCCC1. The van der Waals surface area contributed by atoms with E-state index >= 15 is 0 Å². The van der Waals surface area contributed by atoms with Crippen LogP contribution in [0.5, 0.6) is 0 Å². The Balaban J connectivity index is 1.92. The molecule has 0 aliphatic heterocycles. The van der Waals surface area contributed by atoms with Crippen molar-refractivity contribution in [3.63, 3.8) is 0 Å². The van der Waals surface area contributed by atoms with Gasteiger partial charge in [0.25, 0.3) is 0 Å². The number of pyridine rings is 1.